The SMILES string of the molecule is CCCCCCC=CC=CCCCCCCCC(=O)OCC[N@@+]12CN(CCO)C[C@@H]1[C@H]2C=CCCCCC=CCCCCCCCC. The highest BCUT2D eigenvalue weighted by molar-refractivity contribution is 5.69. The molecule has 270 valence electrons. The van der Waals surface area contributed by atoms with Gasteiger partial charge in [0, 0.05) is 13.0 Å². The molecule has 5 heteroatoms. The van der Waals surface area contributed by atoms with E-state index in [1.54, 1.807) is 0 Å². The van der Waals surface area contributed by atoms with E-state index in [2.05, 4.69) is 67.4 Å². The summed E-state index contributed by atoms with van der Waals surface area (Å²) in [6.45, 7) is 8.89. The van der Waals surface area contributed by atoms with Crippen LogP contribution in [0.5, 0.6) is 0 Å². The van der Waals surface area contributed by atoms with E-state index in [1.165, 1.54) is 116 Å². The first-order valence-corrected chi connectivity index (χ1v) is 20.2. The third-order valence-electron chi connectivity index (χ3n) is 10.2. The topological polar surface area (TPSA) is 49.8 Å². The molecular weight excluding hydrogens is 580 g/mol. The second-order valence-electron chi connectivity index (χ2n) is 14.3. The minimum absolute atomic E-state index is 0.0365. The molecule has 2 aliphatic heterocycles. The Morgan fingerprint density at radius 3 is 1.83 bits per heavy atom. The van der Waals surface area contributed by atoms with Crippen LogP contribution >= 0.6 is 0 Å². The van der Waals surface area contributed by atoms with Gasteiger partial charge in [-0.15, -0.1) is 0 Å². The molecule has 0 spiro atoms. The highest BCUT2D eigenvalue weighted by Gasteiger charge is 2.69. The van der Waals surface area contributed by atoms with Crippen LogP contribution in [0.2, 0.25) is 0 Å². The Labute approximate surface area is 291 Å². The summed E-state index contributed by atoms with van der Waals surface area (Å²) in [6.07, 6.45) is 46.9. The molecule has 0 aliphatic carbocycles. The smallest absolute Gasteiger partial charge is 0.305 e. The van der Waals surface area contributed by atoms with Gasteiger partial charge in [0.1, 0.15) is 19.8 Å². The molecule has 2 saturated heterocycles. The van der Waals surface area contributed by atoms with Crippen molar-refractivity contribution in [3.63, 3.8) is 0 Å². The predicted octanol–water partition coefficient (Wildman–Crippen LogP) is 10.6. The van der Waals surface area contributed by atoms with Crippen molar-refractivity contribution in [1.29, 1.82) is 0 Å². The summed E-state index contributed by atoms with van der Waals surface area (Å²) in [5.74, 6) is -0.0365. The van der Waals surface area contributed by atoms with E-state index in [1.807, 2.05) is 0 Å². The van der Waals surface area contributed by atoms with E-state index in [4.69, 9.17) is 4.74 Å². The van der Waals surface area contributed by atoms with Gasteiger partial charge in [-0.3, -0.25) is 9.28 Å². The van der Waals surface area contributed by atoms with Crippen LogP contribution in [0.4, 0.5) is 0 Å². The number of carbonyl (C=O) groups excluding carboxylic acids is 1. The normalized spacial score (nSPS) is 21.3. The molecule has 5 nitrogen and oxygen atoms in total. The van der Waals surface area contributed by atoms with Gasteiger partial charge in [-0.2, -0.15) is 0 Å². The number of carbonyl (C=O) groups is 1. The molecule has 0 aromatic carbocycles. The molecule has 0 unspecified atom stereocenters. The number of hydrogen-bond acceptors (Lipinski definition) is 4. The van der Waals surface area contributed by atoms with E-state index < -0.39 is 0 Å². The zero-order valence-corrected chi connectivity index (χ0v) is 30.9. The van der Waals surface area contributed by atoms with Crippen LogP contribution in [-0.2, 0) is 9.53 Å². The Morgan fingerprint density at radius 2 is 1.21 bits per heavy atom. The van der Waals surface area contributed by atoms with Crippen LogP contribution in [0.15, 0.2) is 48.6 Å². The quantitative estimate of drug-likeness (QED) is 0.0196. The van der Waals surface area contributed by atoms with Crippen molar-refractivity contribution in [2.45, 2.75) is 174 Å². The van der Waals surface area contributed by atoms with Crippen LogP contribution in [-0.4, -0.2) is 72.1 Å². The maximum Gasteiger partial charge on any atom is 0.305 e. The van der Waals surface area contributed by atoms with Gasteiger partial charge in [0.15, 0.2) is 12.1 Å². The summed E-state index contributed by atoms with van der Waals surface area (Å²) in [5.41, 5.74) is 0. The number of quaternary nitrogens is 1. The third-order valence-corrected chi connectivity index (χ3v) is 10.2. The van der Waals surface area contributed by atoms with Gasteiger partial charge in [0.05, 0.1) is 13.2 Å². The molecule has 0 aromatic heterocycles. The maximum atomic E-state index is 12.4. The van der Waals surface area contributed by atoms with Gasteiger partial charge in [0.2, 0.25) is 0 Å². The molecule has 2 aliphatic rings. The molecule has 0 saturated carbocycles. The number of esters is 1. The average Bonchev–Trinajstić information content (AvgIpc) is 3.46. The number of rotatable bonds is 32. The summed E-state index contributed by atoms with van der Waals surface area (Å²) < 4.78 is 6.72. The Bertz CT molecular complexity index is 881. The van der Waals surface area contributed by atoms with Gasteiger partial charge in [-0.05, 0) is 76.7 Å². The Balaban J connectivity index is 1.51. The fraction of sp³-hybridized carbons (Fsp3) is 0.786. The number of fused-ring (bicyclic) bond motifs is 1. The minimum Gasteiger partial charge on any atom is -0.460 e. The predicted molar refractivity (Wildman–Crippen MR) is 201 cm³/mol. The van der Waals surface area contributed by atoms with Gasteiger partial charge < -0.3 is 9.84 Å². The van der Waals surface area contributed by atoms with Crippen LogP contribution in [0.1, 0.15) is 162 Å². The van der Waals surface area contributed by atoms with Crippen LogP contribution in [0.25, 0.3) is 0 Å². The highest BCUT2D eigenvalue weighted by atomic mass is 16.5. The number of aliphatic hydroxyl groups excluding tert-OH is 1. The molecule has 0 amide bonds. The van der Waals surface area contributed by atoms with Crippen molar-refractivity contribution in [3.05, 3.63) is 48.6 Å². The van der Waals surface area contributed by atoms with Gasteiger partial charge in [0.25, 0.3) is 0 Å². The summed E-state index contributed by atoms with van der Waals surface area (Å²) in [5, 5.41) is 9.46. The minimum atomic E-state index is -0.0365. The lowest BCUT2D eigenvalue weighted by Crippen LogP contribution is -2.39. The van der Waals surface area contributed by atoms with Crippen LogP contribution in [0.3, 0.4) is 0 Å². The number of β-amino-alcohol motifs (C(OH)–C–C–N with tert-alkyl or cyclic N) is 1. The van der Waals surface area contributed by atoms with Crippen molar-refractivity contribution in [3.8, 4) is 0 Å². The van der Waals surface area contributed by atoms with E-state index >= 15 is 0 Å². The molecular formula is C42H75N2O3+. The standard InChI is InChI=1S/C42H75N2O3/c1-3-5-7-9-11-13-15-17-19-21-23-25-27-29-31-33-42(46)47-37-35-44-39-43(34-36-45)38-41(44)40(44)32-30-28-26-24-22-20-18-16-14-12-10-8-6-4-2/h13,15,17-20,30,32,40-41,45H,3-12,14,16,21-29,31,33-39H2,1-2H3/q+1/t40-,41-,44+/m1/s1. The van der Waals surface area contributed by atoms with E-state index in [-0.39, 0.29) is 12.6 Å². The lowest BCUT2D eigenvalue weighted by Gasteiger charge is -2.22. The third kappa shape index (κ3) is 19.2. The number of aliphatic hydroxyl groups is 1. The van der Waals surface area contributed by atoms with Gasteiger partial charge >= 0.3 is 5.97 Å². The molecule has 3 atom stereocenters. The number of allylic oxidation sites excluding steroid dienone is 7. The molecule has 0 aromatic rings. The number of hydrogen-bond donors (Lipinski definition) is 1. The van der Waals surface area contributed by atoms with Crippen LogP contribution in [0, 0.1) is 0 Å². The van der Waals surface area contributed by atoms with Crippen molar-refractivity contribution in [1.82, 2.24) is 4.90 Å². The lowest BCUT2D eigenvalue weighted by molar-refractivity contribution is -0.820. The van der Waals surface area contributed by atoms with Gasteiger partial charge in [-0.25, -0.2) is 4.90 Å². The van der Waals surface area contributed by atoms with Crippen LogP contribution < -0.4 is 0 Å². The summed E-state index contributed by atoms with van der Waals surface area (Å²) in [4.78, 5) is 14.8. The van der Waals surface area contributed by atoms with E-state index in [0.717, 1.165) is 56.5 Å². The molecule has 2 heterocycles. The number of unbranched alkanes of at least 4 members (excludes halogenated alkanes) is 18. The Hall–Kier alpha value is -1.69. The first kappa shape index (κ1) is 41.5. The highest BCUT2D eigenvalue weighted by Crippen LogP contribution is 2.46. The van der Waals surface area contributed by atoms with Crippen molar-refractivity contribution in [2.75, 3.05) is 39.5 Å². The molecule has 47 heavy (non-hydrogen) atoms. The lowest BCUT2D eigenvalue weighted by atomic mass is 10.1. The molecule has 0 radical (unpaired) electrons. The molecule has 2 fully saturated rings. The average molecular weight is 656 g/mol. The first-order chi connectivity index (χ1) is 23.2. The molecule has 1 N–H and O–H groups in total. The summed E-state index contributed by atoms with van der Waals surface area (Å²) in [7, 11) is 0. The van der Waals surface area contributed by atoms with Crippen molar-refractivity contribution in [2.24, 2.45) is 0 Å². The molecule has 0 bridgehead atoms. The zero-order valence-electron chi connectivity index (χ0n) is 30.9. The Kier molecular flexibility index (Phi) is 24.9. The van der Waals surface area contributed by atoms with Crippen molar-refractivity contribution < 1.29 is 19.1 Å². The molecule has 2 rings (SSSR count). The fourth-order valence-electron chi connectivity index (χ4n) is 7.23. The largest absolute Gasteiger partial charge is 0.460 e. The fourth-order valence-corrected chi connectivity index (χ4v) is 7.23. The second-order valence-corrected chi connectivity index (χ2v) is 14.3. The summed E-state index contributed by atoms with van der Waals surface area (Å²) >= 11 is 0. The van der Waals surface area contributed by atoms with Crippen molar-refractivity contribution >= 4 is 5.97 Å². The van der Waals surface area contributed by atoms with Gasteiger partial charge in [-0.1, -0.05) is 127 Å². The number of nitrogens with zero attached hydrogens (tertiary/aromatic N) is 2. The number of ether oxygens (including phenoxy) is 1. The Morgan fingerprint density at radius 1 is 0.702 bits per heavy atom. The monoisotopic (exact) mass is 656 g/mol. The van der Waals surface area contributed by atoms with E-state index in [0.29, 0.717) is 25.1 Å². The summed E-state index contributed by atoms with van der Waals surface area (Å²) in [6, 6.07) is 1.13. The first-order valence-electron chi connectivity index (χ1n) is 20.2. The second kappa shape index (κ2) is 28.2. The zero-order chi connectivity index (χ0) is 33.7. The van der Waals surface area contributed by atoms with E-state index in [9.17, 15) is 9.90 Å². The maximum absolute atomic E-state index is 12.4.